The quantitative estimate of drug-likeness (QED) is 0.667. The van der Waals surface area contributed by atoms with E-state index in [2.05, 4.69) is 53.9 Å². The summed E-state index contributed by atoms with van der Waals surface area (Å²) in [7, 11) is 0. The molecule has 0 aromatic rings. The molecular formula is C13H13NS. The first kappa shape index (κ1) is 9.10. The second kappa shape index (κ2) is 3.78. The van der Waals surface area contributed by atoms with Gasteiger partial charge in [-0.2, -0.15) is 0 Å². The van der Waals surface area contributed by atoms with Crippen LogP contribution in [0.15, 0.2) is 59.2 Å². The molecule has 2 unspecified atom stereocenters. The maximum atomic E-state index is 3.62. The molecule has 0 fully saturated rings. The fraction of sp³-hybridized carbons (Fsp3) is 0.231. The predicted molar refractivity (Wildman–Crippen MR) is 66.5 cm³/mol. The Labute approximate surface area is 94.3 Å². The molecule has 0 aromatic heterocycles. The van der Waals surface area contributed by atoms with Crippen LogP contribution in [0.25, 0.3) is 0 Å². The van der Waals surface area contributed by atoms with Gasteiger partial charge in [0.2, 0.25) is 0 Å². The van der Waals surface area contributed by atoms with Gasteiger partial charge in [0.25, 0.3) is 0 Å². The van der Waals surface area contributed by atoms with Crippen molar-refractivity contribution in [2.45, 2.75) is 17.7 Å². The molecule has 1 N–H and O–H groups in total. The fourth-order valence-corrected chi connectivity index (χ4v) is 3.24. The number of rotatable bonds is 0. The first-order valence-electron chi connectivity index (χ1n) is 5.28. The Balaban J connectivity index is 1.92. The van der Waals surface area contributed by atoms with E-state index in [9.17, 15) is 0 Å². The Morgan fingerprint density at radius 1 is 1.13 bits per heavy atom. The lowest BCUT2D eigenvalue weighted by atomic mass is 10.1. The molecule has 3 aliphatic rings. The van der Waals surface area contributed by atoms with Crippen molar-refractivity contribution in [2.75, 3.05) is 0 Å². The highest BCUT2D eigenvalue weighted by atomic mass is 32.2. The van der Waals surface area contributed by atoms with Crippen molar-refractivity contribution in [2.24, 2.45) is 0 Å². The molecule has 0 aromatic carbocycles. The monoisotopic (exact) mass is 215 g/mol. The Morgan fingerprint density at radius 2 is 2.07 bits per heavy atom. The van der Waals surface area contributed by atoms with Crippen LogP contribution in [0.1, 0.15) is 6.42 Å². The number of nitrogens with one attached hydrogen (secondary N) is 1. The standard InChI is InChI=1S/C13H13NS/c1-2-6-10-12(8-3-1)15-13-9-5-4-7-11(13)14-10/h1-5,7-9,11,13-14H,6H2. The van der Waals surface area contributed by atoms with Gasteiger partial charge in [0.1, 0.15) is 0 Å². The summed E-state index contributed by atoms with van der Waals surface area (Å²) in [6.07, 6.45) is 18.5. The highest BCUT2D eigenvalue weighted by Crippen LogP contribution is 2.36. The molecule has 0 saturated carbocycles. The summed E-state index contributed by atoms with van der Waals surface area (Å²) >= 11 is 1.96. The van der Waals surface area contributed by atoms with E-state index in [0.29, 0.717) is 11.3 Å². The summed E-state index contributed by atoms with van der Waals surface area (Å²) in [5.74, 6) is 0. The minimum absolute atomic E-state index is 0.471. The fourth-order valence-electron chi connectivity index (χ4n) is 2.03. The van der Waals surface area contributed by atoms with Gasteiger partial charge in [-0.3, -0.25) is 0 Å². The van der Waals surface area contributed by atoms with Crippen LogP contribution < -0.4 is 5.32 Å². The van der Waals surface area contributed by atoms with Gasteiger partial charge in [-0.15, -0.1) is 11.8 Å². The van der Waals surface area contributed by atoms with Crippen molar-refractivity contribution in [3.05, 3.63) is 59.2 Å². The Hall–Kier alpha value is -1.15. The van der Waals surface area contributed by atoms with Crippen LogP contribution in [0.4, 0.5) is 0 Å². The molecule has 0 bridgehead atoms. The molecule has 2 atom stereocenters. The highest BCUT2D eigenvalue weighted by Gasteiger charge is 2.26. The molecule has 1 nitrogen and oxygen atoms in total. The smallest absolute Gasteiger partial charge is 0.0602 e. The second-order valence-corrected chi connectivity index (χ2v) is 5.08. The molecule has 0 spiro atoms. The third-order valence-corrected chi connectivity index (χ3v) is 4.16. The van der Waals surface area contributed by atoms with Gasteiger partial charge in [0.05, 0.1) is 11.3 Å². The summed E-state index contributed by atoms with van der Waals surface area (Å²) in [6, 6.07) is 0.471. The zero-order valence-corrected chi connectivity index (χ0v) is 9.21. The van der Waals surface area contributed by atoms with Gasteiger partial charge < -0.3 is 5.32 Å². The molecule has 15 heavy (non-hydrogen) atoms. The molecule has 0 saturated heterocycles. The maximum absolute atomic E-state index is 3.62. The summed E-state index contributed by atoms with van der Waals surface area (Å²) < 4.78 is 0. The van der Waals surface area contributed by atoms with Crippen LogP contribution in [0.2, 0.25) is 0 Å². The van der Waals surface area contributed by atoms with Crippen molar-refractivity contribution in [3.63, 3.8) is 0 Å². The van der Waals surface area contributed by atoms with Gasteiger partial charge in [-0.1, -0.05) is 42.5 Å². The van der Waals surface area contributed by atoms with Crippen LogP contribution in [0, 0.1) is 0 Å². The predicted octanol–water partition coefficient (Wildman–Crippen LogP) is 2.91. The van der Waals surface area contributed by atoms with E-state index in [0.717, 1.165) is 6.42 Å². The van der Waals surface area contributed by atoms with Crippen molar-refractivity contribution in [3.8, 4) is 0 Å². The Morgan fingerprint density at radius 3 is 3.07 bits per heavy atom. The van der Waals surface area contributed by atoms with E-state index < -0.39 is 0 Å². The Bertz CT molecular complexity index is 412. The van der Waals surface area contributed by atoms with Crippen LogP contribution >= 0.6 is 11.8 Å². The number of hydrogen-bond acceptors (Lipinski definition) is 2. The van der Waals surface area contributed by atoms with Crippen molar-refractivity contribution >= 4 is 11.8 Å². The number of thioether (sulfide) groups is 1. The van der Waals surface area contributed by atoms with Gasteiger partial charge in [0.15, 0.2) is 0 Å². The van der Waals surface area contributed by atoms with Crippen molar-refractivity contribution in [1.29, 1.82) is 0 Å². The summed E-state index contributed by atoms with van der Waals surface area (Å²) in [6.45, 7) is 0. The zero-order chi connectivity index (χ0) is 10.1. The summed E-state index contributed by atoms with van der Waals surface area (Å²) in [5.41, 5.74) is 1.37. The van der Waals surface area contributed by atoms with E-state index in [1.807, 2.05) is 11.8 Å². The molecule has 2 heteroatoms. The minimum Gasteiger partial charge on any atom is -0.380 e. The lowest BCUT2D eigenvalue weighted by Gasteiger charge is -2.32. The van der Waals surface area contributed by atoms with Crippen LogP contribution in [-0.4, -0.2) is 11.3 Å². The molecule has 2 aliphatic carbocycles. The molecular weight excluding hydrogens is 202 g/mol. The average Bonchev–Trinajstić information content (AvgIpc) is 2.50. The average molecular weight is 215 g/mol. The van der Waals surface area contributed by atoms with E-state index in [4.69, 9.17) is 0 Å². The van der Waals surface area contributed by atoms with Gasteiger partial charge in [0, 0.05) is 17.0 Å². The van der Waals surface area contributed by atoms with Crippen LogP contribution in [0.5, 0.6) is 0 Å². The first-order chi connectivity index (χ1) is 7.43. The zero-order valence-electron chi connectivity index (χ0n) is 8.39. The molecule has 76 valence electrons. The van der Waals surface area contributed by atoms with Crippen LogP contribution in [0.3, 0.4) is 0 Å². The topological polar surface area (TPSA) is 12.0 Å². The van der Waals surface area contributed by atoms with Gasteiger partial charge in [-0.05, 0) is 6.08 Å². The summed E-state index contributed by atoms with van der Waals surface area (Å²) in [5, 5.41) is 4.17. The molecule has 0 radical (unpaired) electrons. The number of fused-ring (bicyclic) bond motifs is 1. The highest BCUT2D eigenvalue weighted by molar-refractivity contribution is 8.04. The summed E-state index contributed by atoms with van der Waals surface area (Å²) in [4.78, 5) is 1.39. The normalized spacial score (nSPS) is 32.0. The van der Waals surface area contributed by atoms with Gasteiger partial charge in [-0.25, -0.2) is 0 Å². The largest absolute Gasteiger partial charge is 0.380 e. The number of allylic oxidation sites excluding steroid dienone is 6. The van der Waals surface area contributed by atoms with E-state index in [1.54, 1.807) is 0 Å². The first-order valence-corrected chi connectivity index (χ1v) is 6.16. The maximum Gasteiger partial charge on any atom is 0.0602 e. The molecule has 0 amide bonds. The number of hydrogen-bond donors (Lipinski definition) is 1. The third-order valence-electron chi connectivity index (χ3n) is 2.80. The minimum atomic E-state index is 0.471. The van der Waals surface area contributed by atoms with E-state index >= 15 is 0 Å². The van der Waals surface area contributed by atoms with E-state index in [-0.39, 0.29) is 0 Å². The van der Waals surface area contributed by atoms with Gasteiger partial charge >= 0.3 is 0 Å². The lowest BCUT2D eigenvalue weighted by molar-refractivity contribution is 0.663. The van der Waals surface area contributed by atoms with Crippen molar-refractivity contribution < 1.29 is 0 Å². The lowest BCUT2D eigenvalue weighted by Crippen LogP contribution is -2.39. The third kappa shape index (κ3) is 1.70. The molecule has 1 aliphatic heterocycles. The molecule has 1 heterocycles. The van der Waals surface area contributed by atoms with Crippen molar-refractivity contribution in [1.82, 2.24) is 5.32 Å². The Kier molecular flexibility index (Phi) is 2.29. The molecule has 3 rings (SSSR count). The van der Waals surface area contributed by atoms with E-state index in [1.165, 1.54) is 10.6 Å². The SMILES string of the molecule is C1=CCC2=C(C=C1)SC1C=CC=CC1N2. The second-order valence-electron chi connectivity index (χ2n) is 3.86. The van der Waals surface area contributed by atoms with Crippen LogP contribution in [-0.2, 0) is 0 Å².